The number of fused-ring (bicyclic) bond motifs is 1. The van der Waals surface area contributed by atoms with Crippen molar-refractivity contribution in [2.75, 3.05) is 0 Å². The Labute approximate surface area is 160 Å². The summed E-state index contributed by atoms with van der Waals surface area (Å²) in [5.41, 5.74) is 2.75. The Kier molecular flexibility index (Phi) is 7.27. The van der Waals surface area contributed by atoms with E-state index in [2.05, 4.69) is 11.5 Å². The highest BCUT2D eigenvalue weighted by Gasteiger charge is 2.23. The molecule has 0 fully saturated rings. The normalized spacial score (nSPS) is 12.5. The van der Waals surface area contributed by atoms with Crippen LogP contribution in [0.4, 0.5) is 0 Å². The monoisotopic (exact) mass is 377 g/mol. The Bertz CT molecular complexity index is 794. The summed E-state index contributed by atoms with van der Waals surface area (Å²) in [4.78, 5) is 24.0. The molecule has 0 amide bonds. The number of nitrogens with zero attached hydrogens (tertiary/aromatic N) is 1. The fourth-order valence-corrected chi connectivity index (χ4v) is 3.75. The minimum absolute atomic E-state index is 0.00307. The number of rotatable bonds is 10. The van der Waals surface area contributed by atoms with E-state index in [1.807, 2.05) is 32.2 Å². The Morgan fingerprint density at radius 1 is 1.19 bits per heavy atom. The highest BCUT2D eigenvalue weighted by Crippen LogP contribution is 2.31. The lowest BCUT2D eigenvalue weighted by molar-refractivity contribution is -0.137. The number of carbonyl (C=O) groups is 2. The van der Waals surface area contributed by atoms with Crippen molar-refractivity contribution >= 4 is 34.3 Å². The van der Waals surface area contributed by atoms with Crippen LogP contribution in [0, 0.1) is 5.92 Å². The number of ketones is 1. The first kappa shape index (κ1) is 20.5. The second-order valence-electron chi connectivity index (χ2n) is 7.18. The van der Waals surface area contributed by atoms with Gasteiger partial charge in [0.1, 0.15) is 0 Å². The molecule has 1 atom stereocenters. The number of halogens is 1. The van der Waals surface area contributed by atoms with Crippen LogP contribution in [0.5, 0.6) is 0 Å². The van der Waals surface area contributed by atoms with Gasteiger partial charge >= 0.3 is 5.97 Å². The number of aromatic nitrogens is 1. The third kappa shape index (κ3) is 4.88. The molecule has 0 spiro atoms. The molecule has 142 valence electrons. The molecular formula is C21H28ClNO3. The molecule has 0 saturated carbocycles. The highest BCUT2D eigenvalue weighted by molar-refractivity contribution is 6.31. The van der Waals surface area contributed by atoms with Crippen LogP contribution in [0.15, 0.2) is 18.2 Å². The van der Waals surface area contributed by atoms with Gasteiger partial charge in [-0.05, 0) is 37.0 Å². The van der Waals surface area contributed by atoms with E-state index in [9.17, 15) is 9.59 Å². The maximum atomic E-state index is 13.0. The lowest BCUT2D eigenvalue weighted by Crippen LogP contribution is -2.12. The first-order chi connectivity index (χ1) is 12.3. The summed E-state index contributed by atoms with van der Waals surface area (Å²) >= 11 is 6.18. The molecule has 26 heavy (non-hydrogen) atoms. The number of carboxylic acid groups (broad SMARTS) is 1. The van der Waals surface area contributed by atoms with Gasteiger partial charge in [0, 0.05) is 47.1 Å². The Hall–Kier alpha value is -1.81. The largest absolute Gasteiger partial charge is 0.481 e. The first-order valence-corrected chi connectivity index (χ1v) is 9.74. The minimum atomic E-state index is -0.869. The Morgan fingerprint density at radius 2 is 1.92 bits per heavy atom. The number of hydrogen-bond acceptors (Lipinski definition) is 2. The van der Waals surface area contributed by atoms with E-state index in [4.69, 9.17) is 16.7 Å². The maximum Gasteiger partial charge on any atom is 0.303 e. The van der Waals surface area contributed by atoms with Crippen LogP contribution in [0.2, 0.25) is 5.02 Å². The molecule has 2 aromatic rings. The van der Waals surface area contributed by atoms with Gasteiger partial charge in [-0.15, -0.1) is 0 Å². The molecule has 0 bridgehead atoms. The number of hydrogen-bond donors (Lipinski definition) is 1. The third-order valence-corrected chi connectivity index (χ3v) is 5.12. The summed E-state index contributed by atoms with van der Waals surface area (Å²) in [6.45, 7) is 3.99. The maximum absolute atomic E-state index is 13.0. The summed E-state index contributed by atoms with van der Waals surface area (Å²) in [6.07, 6.45) is 5.62. The zero-order valence-corrected chi connectivity index (χ0v) is 16.6. The average molecular weight is 378 g/mol. The van der Waals surface area contributed by atoms with E-state index in [1.165, 1.54) is 12.8 Å². The second-order valence-corrected chi connectivity index (χ2v) is 7.62. The molecular weight excluding hydrogens is 350 g/mol. The van der Waals surface area contributed by atoms with Crippen LogP contribution in [-0.4, -0.2) is 21.4 Å². The van der Waals surface area contributed by atoms with Crippen LogP contribution in [0.3, 0.4) is 0 Å². The number of unbranched alkanes of at least 4 members (excludes halogenated alkanes) is 3. The fraction of sp³-hybridized carbons (Fsp3) is 0.524. The predicted octanol–water partition coefficient (Wildman–Crippen LogP) is 5.64. The smallest absolute Gasteiger partial charge is 0.303 e. The van der Waals surface area contributed by atoms with Gasteiger partial charge in [-0.3, -0.25) is 9.59 Å². The number of carboxylic acids is 1. The summed E-state index contributed by atoms with van der Waals surface area (Å²) < 4.78 is 2.09. The molecule has 1 aromatic heterocycles. The molecule has 4 nitrogen and oxygen atoms in total. The standard InChI is InChI=1S/C21H28ClNO3/c1-4-5-6-7-8-18-21(19(24)11-14(2)12-20(25)26)16-13-15(22)9-10-17(16)23(18)3/h9-10,13-14H,4-8,11-12H2,1-3H3,(H,25,26). The van der Waals surface area contributed by atoms with Gasteiger partial charge in [-0.25, -0.2) is 0 Å². The predicted molar refractivity (Wildman–Crippen MR) is 106 cm³/mol. The lowest BCUT2D eigenvalue weighted by atomic mass is 9.94. The number of carbonyl (C=O) groups excluding carboxylic acids is 1. The van der Waals surface area contributed by atoms with Crippen molar-refractivity contribution in [2.45, 2.75) is 58.8 Å². The van der Waals surface area contributed by atoms with Crippen LogP contribution < -0.4 is 0 Å². The van der Waals surface area contributed by atoms with E-state index < -0.39 is 5.97 Å². The Morgan fingerprint density at radius 3 is 2.58 bits per heavy atom. The van der Waals surface area contributed by atoms with Gasteiger partial charge in [-0.2, -0.15) is 0 Å². The molecule has 1 N–H and O–H groups in total. The van der Waals surface area contributed by atoms with Crippen LogP contribution in [0.1, 0.15) is 68.4 Å². The van der Waals surface area contributed by atoms with E-state index in [0.29, 0.717) is 5.02 Å². The van der Waals surface area contributed by atoms with Crippen molar-refractivity contribution < 1.29 is 14.7 Å². The molecule has 1 aromatic carbocycles. The van der Waals surface area contributed by atoms with Crippen LogP contribution in [0.25, 0.3) is 10.9 Å². The summed E-state index contributed by atoms with van der Waals surface area (Å²) in [6, 6.07) is 5.64. The number of aryl methyl sites for hydroxylation is 1. The summed E-state index contributed by atoms with van der Waals surface area (Å²) in [5, 5.41) is 10.4. The van der Waals surface area contributed by atoms with Gasteiger partial charge < -0.3 is 9.67 Å². The molecule has 0 aliphatic carbocycles. The SMILES string of the molecule is CCCCCCc1c(C(=O)CC(C)CC(=O)O)c2cc(Cl)ccc2n1C. The molecule has 1 unspecified atom stereocenters. The van der Waals surface area contributed by atoms with Crippen LogP contribution >= 0.6 is 11.6 Å². The van der Waals surface area contributed by atoms with E-state index in [0.717, 1.165) is 41.4 Å². The van der Waals surface area contributed by atoms with Crippen molar-refractivity contribution in [2.24, 2.45) is 13.0 Å². The van der Waals surface area contributed by atoms with Gasteiger partial charge in [0.15, 0.2) is 5.78 Å². The van der Waals surface area contributed by atoms with Gasteiger partial charge in [0.05, 0.1) is 0 Å². The minimum Gasteiger partial charge on any atom is -0.481 e. The van der Waals surface area contributed by atoms with Gasteiger partial charge in [-0.1, -0.05) is 44.7 Å². The molecule has 0 saturated heterocycles. The summed E-state index contributed by atoms with van der Waals surface area (Å²) in [7, 11) is 1.99. The number of aliphatic carboxylic acids is 1. The molecule has 0 radical (unpaired) electrons. The van der Waals surface area contributed by atoms with Gasteiger partial charge in [0.25, 0.3) is 0 Å². The average Bonchev–Trinajstić information content (AvgIpc) is 2.82. The van der Waals surface area contributed by atoms with Crippen molar-refractivity contribution in [3.8, 4) is 0 Å². The zero-order valence-electron chi connectivity index (χ0n) is 15.8. The molecule has 5 heteroatoms. The molecule has 0 aliphatic rings. The third-order valence-electron chi connectivity index (χ3n) is 4.89. The number of benzene rings is 1. The van der Waals surface area contributed by atoms with Crippen LogP contribution in [-0.2, 0) is 18.3 Å². The highest BCUT2D eigenvalue weighted by atomic mass is 35.5. The first-order valence-electron chi connectivity index (χ1n) is 9.36. The van der Waals surface area contributed by atoms with E-state index in [1.54, 1.807) is 0 Å². The molecule has 2 rings (SSSR count). The summed E-state index contributed by atoms with van der Waals surface area (Å²) in [5.74, 6) is -1.05. The molecule has 1 heterocycles. The topological polar surface area (TPSA) is 59.3 Å². The van der Waals surface area contributed by atoms with Crippen molar-refractivity contribution in [1.29, 1.82) is 0 Å². The quantitative estimate of drug-likeness (QED) is 0.430. The van der Waals surface area contributed by atoms with Crippen molar-refractivity contribution in [1.82, 2.24) is 4.57 Å². The second kappa shape index (κ2) is 9.22. The lowest BCUT2D eigenvalue weighted by Gasteiger charge is -2.10. The zero-order chi connectivity index (χ0) is 19.3. The van der Waals surface area contributed by atoms with Gasteiger partial charge in [0.2, 0.25) is 0 Å². The molecule has 0 aliphatic heterocycles. The van der Waals surface area contributed by atoms with Crippen molar-refractivity contribution in [3.63, 3.8) is 0 Å². The van der Waals surface area contributed by atoms with Crippen molar-refractivity contribution in [3.05, 3.63) is 34.5 Å². The number of Topliss-reactive ketones (excluding diaryl/α,β-unsaturated/α-hetero) is 1. The fourth-order valence-electron chi connectivity index (χ4n) is 3.58. The van der Waals surface area contributed by atoms with E-state index >= 15 is 0 Å². The Balaban J connectivity index is 2.38. The van der Waals surface area contributed by atoms with E-state index in [-0.39, 0.29) is 24.5 Å².